The number of rotatable bonds is 5. The van der Waals surface area contributed by atoms with E-state index in [2.05, 4.69) is 22.5 Å². The van der Waals surface area contributed by atoms with E-state index in [0.29, 0.717) is 16.6 Å². The average Bonchev–Trinajstić information content (AvgIpc) is 3.19. The molecule has 0 bridgehead atoms. The summed E-state index contributed by atoms with van der Waals surface area (Å²) in [7, 11) is 0. The first kappa shape index (κ1) is 13.7. The zero-order valence-corrected chi connectivity index (χ0v) is 11.8. The van der Waals surface area contributed by atoms with Gasteiger partial charge in [-0.2, -0.15) is 0 Å². The SMILES string of the molecule is C=CCN(C(=O)c1cc([N+](=O)[O-])ccc1Br)C1CC1. The summed E-state index contributed by atoms with van der Waals surface area (Å²) >= 11 is 3.27. The molecular weight excluding hydrogens is 312 g/mol. The Bertz CT molecular complexity index is 541. The summed E-state index contributed by atoms with van der Waals surface area (Å²) in [6, 6.07) is 4.45. The van der Waals surface area contributed by atoms with Gasteiger partial charge < -0.3 is 4.90 Å². The van der Waals surface area contributed by atoms with Gasteiger partial charge in [-0.05, 0) is 34.8 Å². The molecule has 2 rings (SSSR count). The van der Waals surface area contributed by atoms with Crippen LogP contribution in [0, 0.1) is 10.1 Å². The molecule has 0 unspecified atom stereocenters. The fourth-order valence-electron chi connectivity index (χ4n) is 1.87. The normalized spacial score (nSPS) is 13.9. The first-order valence-corrected chi connectivity index (χ1v) is 6.69. The third kappa shape index (κ3) is 3.01. The highest BCUT2D eigenvalue weighted by Gasteiger charge is 2.33. The Balaban J connectivity index is 2.33. The minimum absolute atomic E-state index is 0.0825. The number of benzene rings is 1. The van der Waals surface area contributed by atoms with Gasteiger partial charge in [0, 0.05) is 29.2 Å². The third-order valence-electron chi connectivity index (χ3n) is 2.97. The largest absolute Gasteiger partial charge is 0.332 e. The van der Waals surface area contributed by atoms with E-state index in [4.69, 9.17) is 0 Å². The maximum Gasteiger partial charge on any atom is 0.270 e. The van der Waals surface area contributed by atoms with Crippen molar-refractivity contribution in [3.8, 4) is 0 Å². The molecule has 0 spiro atoms. The van der Waals surface area contributed by atoms with Crippen molar-refractivity contribution in [2.45, 2.75) is 18.9 Å². The van der Waals surface area contributed by atoms with E-state index in [9.17, 15) is 14.9 Å². The predicted molar refractivity (Wildman–Crippen MR) is 75.1 cm³/mol. The molecule has 1 aromatic carbocycles. The van der Waals surface area contributed by atoms with Crippen molar-refractivity contribution in [1.82, 2.24) is 4.90 Å². The molecule has 0 N–H and O–H groups in total. The summed E-state index contributed by atoms with van der Waals surface area (Å²) < 4.78 is 0.567. The van der Waals surface area contributed by atoms with Gasteiger partial charge in [0.1, 0.15) is 0 Å². The Morgan fingerprint density at radius 2 is 2.26 bits per heavy atom. The highest BCUT2D eigenvalue weighted by Crippen LogP contribution is 2.31. The summed E-state index contributed by atoms with van der Waals surface area (Å²) in [6.45, 7) is 4.10. The van der Waals surface area contributed by atoms with Gasteiger partial charge in [-0.1, -0.05) is 6.08 Å². The zero-order valence-electron chi connectivity index (χ0n) is 10.2. The second-order valence-corrected chi connectivity index (χ2v) is 5.25. The molecule has 0 radical (unpaired) electrons. The lowest BCUT2D eigenvalue weighted by Crippen LogP contribution is -2.33. The Kier molecular flexibility index (Phi) is 3.99. The van der Waals surface area contributed by atoms with E-state index >= 15 is 0 Å². The molecule has 1 aromatic rings. The maximum absolute atomic E-state index is 12.4. The van der Waals surface area contributed by atoms with Crippen LogP contribution in [0.4, 0.5) is 5.69 Å². The Morgan fingerprint density at radius 1 is 1.58 bits per heavy atom. The van der Waals surface area contributed by atoms with Crippen molar-refractivity contribution in [2.24, 2.45) is 0 Å². The van der Waals surface area contributed by atoms with Crippen LogP contribution in [0.3, 0.4) is 0 Å². The number of carbonyl (C=O) groups excluding carboxylic acids is 1. The van der Waals surface area contributed by atoms with Gasteiger partial charge in [-0.3, -0.25) is 14.9 Å². The number of nitro benzene ring substituents is 1. The topological polar surface area (TPSA) is 63.5 Å². The second kappa shape index (κ2) is 5.52. The van der Waals surface area contributed by atoms with Gasteiger partial charge in [-0.15, -0.1) is 6.58 Å². The molecule has 1 aliphatic carbocycles. The van der Waals surface area contributed by atoms with Crippen LogP contribution < -0.4 is 0 Å². The fourth-order valence-corrected chi connectivity index (χ4v) is 2.28. The Labute approximate surface area is 119 Å². The summed E-state index contributed by atoms with van der Waals surface area (Å²) in [5.74, 6) is -0.196. The molecule has 0 aliphatic heterocycles. The van der Waals surface area contributed by atoms with E-state index in [1.54, 1.807) is 11.0 Å². The highest BCUT2D eigenvalue weighted by molar-refractivity contribution is 9.10. The van der Waals surface area contributed by atoms with E-state index in [1.807, 2.05) is 0 Å². The third-order valence-corrected chi connectivity index (χ3v) is 3.66. The standard InChI is InChI=1S/C13H13BrN2O3/c1-2-7-15(9-3-4-9)13(17)11-8-10(16(18)19)5-6-12(11)14/h2,5-6,8-9H,1,3-4,7H2. The molecule has 19 heavy (non-hydrogen) atoms. The molecule has 1 aliphatic rings. The van der Waals surface area contributed by atoms with E-state index < -0.39 is 4.92 Å². The molecule has 0 heterocycles. The Hall–Kier alpha value is -1.69. The van der Waals surface area contributed by atoms with E-state index in [0.717, 1.165) is 12.8 Å². The van der Waals surface area contributed by atoms with Crippen LogP contribution in [-0.2, 0) is 0 Å². The van der Waals surface area contributed by atoms with Crippen LogP contribution in [0.25, 0.3) is 0 Å². The lowest BCUT2D eigenvalue weighted by Gasteiger charge is -2.21. The van der Waals surface area contributed by atoms with Crippen LogP contribution >= 0.6 is 15.9 Å². The smallest absolute Gasteiger partial charge is 0.270 e. The Morgan fingerprint density at radius 3 is 2.79 bits per heavy atom. The van der Waals surface area contributed by atoms with Crippen LogP contribution in [0.1, 0.15) is 23.2 Å². The minimum atomic E-state index is -0.502. The molecule has 5 nitrogen and oxygen atoms in total. The van der Waals surface area contributed by atoms with Crippen LogP contribution in [-0.4, -0.2) is 28.3 Å². The van der Waals surface area contributed by atoms with Crippen molar-refractivity contribution in [3.63, 3.8) is 0 Å². The molecule has 0 atom stereocenters. The lowest BCUT2D eigenvalue weighted by molar-refractivity contribution is -0.384. The van der Waals surface area contributed by atoms with Gasteiger partial charge in [0.2, 0.25) is 0 Å². The predicted octanol–water partition coefficient (Wildman–Crippen LogP) is 3.15. The molecule has 1 saturated carbocycles. The monoisotopic (exact) mass is 324 g/mol. The number of amides is 1. The number of non-ortho nitro benzene ring substituents is 1. The maximum atomic E-state index is 12.4. The molecule has 0 aromatic heterocycles. The molecule has 100 valence electrons. The van der Waals surface area contributed by atoms with Crippen molar-refractivity contribution >= 4 is 27.5 Å². The van der Waals surface area contributed by atoms with Gasteiger partial charge in [-0.25, -0.2) is 0 Å². The molecular formula is C13H13BrN2O3. The first-order valence-electron chi connectivity index (χ1n) is 5.90. The summed E-state index contributed by atoms with van der Waals surface area (Å²) in [5, 5.41) is 10.8. The van der Waals surface area contributed by atoms with E-state index in [-0.39, 0.29) is 17.6 Å². The number of hydrogen-bond acceptors (Lipinski definition) is 3. The average molecular weight is 325 g/mol. The first-order chi connectivity index (χ1) is 9.04. The number of halogens is 1. The highest BCUT2D eigenvalue weighted by atomic mass is 79.9. The number of hydrogen-bond donors (Lipinski definition) is 0. The van der Waals surface area contributed by atoms with Crippen molar-refractivity contribution in [2.75, 3.05) is 6.54 Å². The molecule has 6 heteroatoms. The van der Waals surface area contributed by atoms with Crippen LogP contribution in [0.2, 0.25) is 0 Å². The number of carbonyl (C=O) groups is 1. The summed E-state index contributed by atoms with van der Waals surface area (Å²) in [4.78, 5) is 24.4. The van der Waals surface area contributed by atoms with Crippen molar-refractivity contribution in [3.05, 3.63) is 51.0 Å². The van der Waals surface area contributed by atoms with Crippen molar-refractivity contribution < 1.29 is 9.72 Å². The van der Waals surface area contributed by atoms with Crippen molar-refractivity contribution in [1.29, 1.82) is 0 Å². The summed E-state index contributed by atoms with van der Waals surface area (Å²) in [5.41, 5.74) is 0.240. The van der Waals surface area contributed by atoms with Crippen LogP contribution in [0.15, 0.2) is 35.3 Å². The van der Waals surface area contributed by atoms with Crippen LogP contribution in [0.5, 0.6) is 0 Å². The number of nitrogens with zero attached hydrogens (tertiary/aromatic N) is 2. The van der Waals surface area contributed by atoms with Gasteiger partial charge in [0.05, 0.1) is 10.5 Å². The molecule has 1 fully saturated rings. The zero-order chi connectivity index (χ0) is 14.0. The second-order valence-electron chi connectivity index (χ2n) is 4.40. The van der Waals surface area contributed by atoms with Gasteiger partial charge in [0.25, 0.3) is 11.6 Å². The molecule has 1 amide bonds. The summed E-state index contributed by atoms with van der Waals surface area (Å²) in [6.07, 6.45) is 3.62. The quantitative estimate of drug-likeness (QED) is 0.475. The minimum Gasteiger partial charge on any atom is -0.332 e. The van der Waals surface area contributed by atoms with Gasteiger partial charge >= 0.3 is 0 Å². The lowest BCUT2D eigenvalue weighted by atomic mass is 10.1. The van der Waals surface area contributed by atoms with E-state index in [1.165, 1.54) is 18.2 Å². The fraction of sp³-hybridized carbons (Fsp3) is 0.308. The van der Waals surface area contributed by atoms with Gasteiger partial charge in [0.15, 0.2) is 0 Å². The molecule has 0 saturated heterocycles. The number of nitro groups is 1.